The van der Waals surface area contributed by atoms with Gasteiger partial charge in [-0.15, -0.1) is 0 Å². The zero-order valence-corrected chi connectivity index (χ0v) is 18.4. The summed E-state index contributed by atoms with van der Waals surface area (Å²) in [5, 5.41) is 3.19. The molecule has 3 rings (SSSR count). The van der Waals surface area contributed by atoms with Crippen LogP contribution in [-0.2, 0) is 4.79 Å². The molecule has 2 aromatic carbocycles. The molecule has 0 aromatic heterocycles. The van der Waals surface area contributed by atoms with E-state index in [9.17, 15) is 14.4 Å². The number of nitrogens with zero attached hydrogens (tertiary/aromatic N) is 2. The zero-order valence-electron chi connectivity index (χ0n) is 17.7. The van der Waals surface area contributed by atoms with Gasteiger partial charge in [0.25, 0.3) is 5.91 Å². The van der Waals surface area contributed by atoms with Gasteiger partial charge in [0.1, 0.15) is 5.75 Å². The van der Waals surface area contributed by atoms with Crippen LogP contribution in [0.2, 0.25) is 5.02 Å². The Morgan fingerprint density at radius 2 is 1.68 bits per heavy atom. The van der Waals surface area contributed by atoms with Crippen molar-refractivity contribution >= 4 is 34.9 Å². The predicted octanol–water partition coefficient (Wildman–Crippen LogP) is 3.34. The number of piperazine rings is 1. The average molecular weight is 444 g/mol. The Labute approximate surface area is 186 Å². The second kappa shape index (κ2) is 10.4. The number of hydrogen-bond acceptors (Lipinski definition) is 5. The number of rotatable bonds is 7. The predicted molar refractivity (Wildman–Crippen MR) is 120 cm³/mol. The highest BCUT2D eigenvalue weighted by Crippen LogP contribution is 2.24. The summed E-state index contributed by atoms with van der Waals surface area (Å²) in [4.78, 5) is 41.3. The van der Waals surface area contributed by atoms with Crippen LogP contribution in [0.15, 0.2) is 42.5 Å². The Balaban J connectivity index is 1.52. The minimum Gasteiger partial charge on any atom is -0.496 e. The molecule has 0 unspecified atom stereocenters. The highest BCUT2D eigenvalue weighted by Gasteiger charge is 2.20. The normalized spacial score (nSPS) is 14.2. The summed E-state index contributed by atoms with van der Waals surface area (Å²) in [5.41, 5.74) is 1.52. The second-order valence-corrected chi connectivity index (χ2v) is 7.93. The lowest BCUT2D eigenvalue weighted by atomic mass is 10.1. The van der Waals surface area contributed by atoms with Crippen LogP contribution in [0, 0.1) is 0 Å². The molecule has 1 heterocycles. The fourth-order valence-electron chi connectivity index (χ4n) is 3.37. The van der Waals surface area contributed by atoms with Gasteiger partial charge in [-0.1, -0.05) is 11.6 Å². The topological polar surface area (TPSA) is 78.9 Å². The third kappa shape index (κ3) is 6.06. The van der Waals surface area contributed by atoms with Crippen LogP contribution in [0.25, 0.3) is 0 Å². The molecule has 164 valence electrons. The van der Waals surface area contributed by atoms with E-state index in [1.807, 2.05) is 11.9 Å². The largest absolute Gasteiger partial charge is 0.496 e. The van der Waals surface area contributed by atoms with Gasteiger partial charge in [-0.3, -0.25) is 14.4 Å². The lowest BCUT2D eigenvalue weighted by Gasteiger charge is -2.32. The maximum Gasteiger partial charge on any atom is 0.253 e. The number of ketones is 1. The SMILES string of the molecule is COc1ccc(Cl)cc1C(=O)CCC(=O)Nc1ccc(C(=O)N2CCN(C)CC2)cc1. The van der Waals surface area contributed by atoms with E-state index in [4.69, 9.17) is 16.3 Å². The van der Waals surface area contributed by atoms with E-state index >= 15 is 0 Å². The summed E-state index contributed by atoms with van der Waals surface area (Å²) in [5.74, 6) is -0.0856. The first-order valence-corrected chi connectivity index (χ1v) is 10.5. The Kier molecular flexibility index (Phi) is 7.65. The summed E-state index contributed by atoms with van der Waals surface area (Å²) in [6, 6.07) is 11.6. The Hall–Kier alpha value is -2.90. The highest BCUT2D eigenvalue weighted by atomic mass is 35.5. The van der Waals surface area contributed by atoms with E-state index in [0.717, 1.165) is 13.1 Å². The number of carbonyl (C=O) groups is 3. The van der Waals surface area contributed by atoms with Crippen molar-refractivity contribution < 1.29 is 19.1 Å². The number of likely N-dealkylation sites (N-methyl/N-ethyl adjacent to an activating group) is 1. The van der Waals surface area contributed by atoms with Crippen molar-refractivity contribution in [3.8, 4) is 5.75 Å². The number of halogens is 1. The van der Waals surface area contributed by atoms with Crippen LogP contribution < -0.4 is 10.1 Å². The number of anilines is 1. The Morgan fingerprint density at radius 3 is 2.32 bits per heavy atom. The van der Waals surface area contributed by atoms with Crippen molar-refractivity contribution in [3.05, 3.63) is 58.6 Å². The molecular weight excluding hydrogens is 418 g/mol. The molecule has 1 fully saturated rings. The second-order valence-electron chi connectivity index (χ2n) is 7.49. The number of benzene rings is 2. The molecule has 7 nitrogen and oxygen atoms in total. The molecule has 0 atom stereocenters. The van der Waals surface area contributed by atoms with Crippen LogP contribution >= 0.6 is 11.6 Å². The van der Waals surface area contributed by atoms with Gasteiger partial charge >= 0.3 is 0 Å². The van der Waals surface area contributed by atoms with Crippen LogP contribution in [0.1, 0.15) is 33.6 Å². The molecule has 1 N–H and O–H groups in total. The third-order valence-electron chi connectivity index (χ3n) is 5.25. The summed E-state index contributed by atoms with van der Waals surface area (Å²) in [6.07, 6.45) is 0.0546. The van der Waals surface area contributed by atoms with Crippen LogP contribution in [0.3, 0.4) is 0 Å². The highest BCUT2D eigenvalue weighted by molar-refractivity contribution is 6.31. The van der Waals surface area contributed by atoms with E-state index in [-0.39, 0.29) is 30.4 Å². The maximum absolute atomic E-state index is 12.6. The summed E-state index contributed by atoms with van der Waals surface area (Å²) >= 11 is 5.96. The minimum absolute atomic E-state index is 0.00737. The number of hydrogen-bond donors (Lipinski definition) is 1. The van der Waals surface area contributed by atoms with E-state index < -0.39 is 0 Å². The van der Waals surface area contributed by atoms with Gasteiger partial charge in [-0.25, -0.2) is 0 Å². The fourth-order valence-corrected chi connectivity index (χ4v) is 3.54. The number of nitrogens with one attached hydrogen (secondary N) is 1. The molecular formula is C23H26ClN3O4. The molecule has 0 radical (unpaired) electrons. The van der Waals surface area contributed by atoms with Gasteiger partial charge in [0.05, 0.1) is 12.7 Å². The maximum atomic E-state index is 12.6. The molecule has 1 aliphatic heterocycles. The van der Waals surface area contributed by atoms with E-state index in [1.54, 1.807) is 36.4 Å². The number of amides is 2. The molecule has 0 spiro atoms. The van der Waals surface area contributed by atoms with Crippen molar-refractivity contribution in [2.45, 2.75) is 12.8 Å². The lowest BCUT2D eigenvalue weighted by Crippen LogP contribution is -2.47. The molecule has 0 saturated carbocycles. The molecule has 1 aliphatic rings. The molecule has 1 saturated heterocycles. The first-order chi connectivity index (χ1) is 14.9. The van der Waals surface area contributed by atoms with Crippen LogP contribution in [0.5, 0.6) is 5.75 Å². The standard InChI is InChI=1S/C23H26ClN3O4/c1-26-11-13-27(14-12-26)23(30)16-3-6-18(7-4-16)25-22(29)10-8-20(28)19-15-17(24)5-9-21(19)31-2/h3-7,9,15H,8,10-14H2,1-2H3,(H,25,29). The van der Waals surface area contributed by atoms with Crippen molar-refractivity contribution in [1.82, 2.24) is 9.80 Å². The number of methoxy groups -OCH3 is 1. The van der Waals surface area contributed by atoms with Gasteiger partial charge < -0.3 is 19.9 Å². The van der Waals surface area contributed by atoms with Gasteiger partial charge in [0, 0.05) is 55.3 Å². The summed E-state index contributed by atoms with van der Waals surface area (Å²) in [7, 11) is 3.52. The van der Waals surface area contributed by atoms with Crippen LogP contribution in [0.4, 0.5) is 5.69 Å². The lowest BCUT2D eigenvalue weighted by molar-refractivity contribution is -0.116. The van der Waals surface area contributed by atoms with Gasteiger partial charge in [0.2, 0.25) is 5.91 Å². The first-order valence-electron chi connectivity index (χ1n) is 10.1. The quantitative estimate of drug-likeness (QED) is 0.664. The zero-order chi connectivity index (χ0) is 22.4. The Bertz CT molecular complexity index is 954. The van der Waals surface area contributed by atoms with Crippen molar-refractivity contribution in [1.29, 1.82) is 0 Å². The smallest absolute Gasteiger partial charge is 0.253 e. The van der Waals surface area contributed by atoms with Crippen molar-refractivity contribution in [3.63, 3.8) is 0 Å². The van der Waals surface area contributed by atoms with Crippen molar-refractivity contribution in [2.24, 2.45) is 0 Å². The minimum atomic E-state index is -0.285. The number of ether oxygens (including phenoxy) is 1. The fraction of sp³-hybridized carbons (Fsp3) is 0.348. The first kappa shape index (κ1) is 22.8. The third-order valence-corrected chi connectivity index (χ3v) is 5.48. The molecule has 0 aliphatic carbocycles. The van der Waals surface area contributed by atoms with Crippen LogP contribution in [-0.4, -0.2) is 67.7 Å². The van der Waals surface area contributed by atoms with Gasteiger partial charge in [-0.2, -0.15) is 0 Å². The molecule has 0 bridgehead atoms. The summed E-state index contributed by atoms with van der Waals surface area (Å²) < 4.78 is 5.19. The van der Waals surface area contributed by atoms with E-state index in [2.05, 4.69) is 10.2 Å². The molecule has 31 heavy (non-hydrogen) atoms. The average Bonchev–Trinajstić information content (AvgIpc) is 2.78. The number of carbonyl (C=O) groups excluding carboxylic acids is 3. The van der Waals surface area contributed by atoms with E-state index in [0.29, 0.717) is 40.7 Å². The molecule has 2 aromatic rings. The van der Waals surface area contributed by atoms with Gasteiger partial charge in [-0.05, 0) is 49.5 Å². The molecule has 2 amide bonds. The monoisotopic (exact) mass is 443 g/mol. The summed E-state index contributed by atoms with van der Waals surface area (Å²) in [6.45, 7) is 3.14. The number of Topliss-reactive ketones (excluding diaryl/α,β-unsaturated/α-hetero) is 1. The molecule has 8 heteroatoms. The van der Waals surface area contributed by atoms with Crippen molar-refractivity contribution in [2.75, 3.05) is 45.7 Å². The van der Waals surface area contributed by atoms with Gasteiger partial charge in [0.15, 0.2) is 5.78 Å². The van der Waals surface area contributed by atoms with E-state index in [1.165, 1.54) is 13.2 Å². The Morgan fingerprint density at radius 1 is 1.00 bits per heavy atom.